The Hall–Kier alpha value is -0.650. The van der Waals surface area contributed by atoms with Crippen molar-refractivity contribution in [1.29, 1.82) is 0 Å². The molecular weight excluding hydrogens is 216 g/mol. The molecule has 2 heterocycles. The molecule has 2 saturated heterocycles. The Kier molecular flexibility index (Phi) is 4.36. The first kappa shape index (κ1) is 12.8. The first-order valence-electron chi connectivity index (χ1n) is 6.56. The van der Waals surface area contributed by atoms with Crippen LogP contribution in [0.3, 0.4) is 0 Å². The van der Waals surface area contributed by atoms with E-state index >= 15 is 0 Å². The highest BCUT2D eigenvalue weighted by Crippen LogP contribution is 2.08. The van der Waals surface area contributed by atoms with Crippen molar-refractivity contribution in [2.75, 3.05) is 46.8 Å². The lowest BCUT2D eigenvalue weighted by Crippen LogP contribution is -2.58. The van der Waals surface area contributed by atoms with E-state index in [-0.39, 0.29) is 11.9 Å². The predicted octanol–water partition coefficient (Wildman–Crippen LogP) is -0.900. The van der Waals surface area contributed by atoms with Gasteiger partial charge in [-0.3, -0.25) is 4.79 Å². The van der Waals surface area contributed by atoms with Crippen molar-refractivity contribution in [3.05, 3.63) is 0 Å². The third-order valence-electron chi connectivity index (χ3n) is 3.76. The Morgan fingerprint density at radius 2 is 1.88 bits per heavy atom. The Labute approximate surface area is 104 Å². The normalized spacial score (nSPS) is 29.2. The fourth-order valence-corrected chi connectivity index (χ4v) is 2.53. The summed E-state index contributed by atoms with van der Waals surface area (Å²) >= 11 is 0. The first-order chi connectivity index (χ1) is 8.15. The molecule has 2 aliphatic rings. The van der Waals surface area contributed by atoms with Gasteiger partial charge in [-0.2, -0.15) is 0 Å². The second-order valence-electron chi connectivity index (χ2n) is 5.36. The summed E-state index contributed by atoms with van der Waals surface area (Å²) in [5.41, 5.74) is 0. The minimum absolute atomic E-state index is 0.0339. The summed E-state index contributed by atoms with van der Waals surface area (Å²) in [5.74, 6) is 0.172. The van der Waals surface area contributed by atoms with E-state index in [9.17, 15) is 4.79 Å². The highest BCUT2D eigenvalue weighted by atomic mass is 16.2. The van der Waals surface area contributed by atoms with E-state index in [1.807, 2.05) is 0 Å². The van der Waals surface area contributed by atoms with Gasteiger partial charge in [0.15, 0.2) is 0 Å². The van der Waals surface area contributed by atoms with Crippen molar-refractivity contribution >= 4 is 5.91 Å². The van der Waals surface area contributed by atoms with Crippen LogP contribution in [0.5, 0.6) is 0 Å². The molecule has 2 fully saturated rings. The summed E-state index contributed by atoms with van der Waals surface area (Å²) in [6.07, 6.45) is 2.15. The quantitative estimate of drug-likeness (QED) is 0.657. The van der Waals surface area contributed by atoms with E-state index in [2.05, 4.69) is 34.5 Å². The fraction of sp³-hybridized carbons (Fsp3) is 0.917. The van der Waals surface area contributed by atoms with Crippen molar-refractivity contribution < 1.29 is 4.79 Å². The van der Waals surface area contributed by atoms with Gasteiger partial charge in [0.1, 0.15) is 0 Å². The molecule has 0 aromatic heterocycles. The molecule has 0 aromatic rings. The van der Waals surface area contributed by atoms with Crippen LogP contribution in [0.25, 0.3) is 0 Å². The van der Waals surface area contributed by atoms with Crippen LogP contribution in [0.15, 0.2) is 0 Å². The van der Waals surface area contributed by atoms with Gasteiger partial charge in [-0.05, 0) is 40.0 Å². The maximum Gasteiger partial charge on any atom is 0.238 e. The summed E-state index contributed by atoms with van der Waals surface area (Å²) in [4.78, 5) is 16.6. The average Bonchev–Trinajstić information content (AvgIpc) is 2.32. The molecule has 0 aromatic carbocycles. The molecule has 98 valence electrons. The Bertz CT molecular complexity index is 263. The zero-order chi connectivity index (χ0) is 12.3. The van der Waals surface area contributed by atoms with Crippen LogP contribution in [0.4, 0.5) is 0 Å². The summed E-state index contributed by atoms with van der Waals surface area (Å²) in [7, 11) is 4.20. The Balaban J connectivity index is 1.76. The second kappa shape index (κ2) is 5.80. The van der Waals surface area contributed by atoms with E-state index in [1.165, 1.54) is 0 Å². The van der Waals surface area contributed by atoms with Crippen LogP contribution in [0, 0.1) is 0 Å². The zero-order valence-electron chi connectivity index (χ0n) is 10.9. The summed E-state index contributed by atoms with van der Waals surface area (Å²) in [6, 6.07) is 0.334. The fourth-order valence-electron chi connectivity index (χ4n) is 2.53. The van der Waals surface area contributed by atoms with Crippen LogP contribution >= 0.6 is 0 Å². The standard InChI is InChI=1S/C12H24N4O/c1-15-6-3-10(4-7-15)14-12(17)11-9-16(2)8-5-13-11/h10-11,13H,3-9H2,1-2H3,(H,14,17). The van der Waals surface area contributed by atoms with Crippen LogP contribution < -0.4 is 10.6 Å². The smallest absolute Gasteiger partial charge is 0.238 e. The monoisotopic (exact) mass is 240 g/mol. The van der Waals surface area contributed by atoms with E-state index in [1.54, 1.807) is 0 Å². The van der Waals surface area contributed by atoms with Gasteiger partial charge in [-0.1, -0.05) is 0 Å². The van der Waals surface area contributed by atoms with Crippen molar-refractivity contribution in [2.45, 2.75) is 24.9 Å². The third kappa shape index (κ3) is 3.66. The minimum atomic E-state index is -0.0339. The molecule has 0 saturated carbocycles. The highest BCUT2D eigenvalue weighted by molar-refractivity contribution is 5.82. The summed E-state index contributed by atoms with van der Waals surface area (Å²) in [6.45, 7) is 4.92. The number of nitrogens with one attached hydrogen (secondary N) is 2. The molecule has 0 spiro atoms. The minimum Gasteiger partial charge on any atom is -0.352 e. The number of amides is 1. The molecule has 1 unspecified atom stereocenters. The summed E-state index contributed by atoms with van der Waals surface area (Å²) in [5, 5.41) is 6.46. The van der Waals surface area contributed by atoms with Crippen LogP contribution in [0.1, 0.15) is 12.8 Å². The number of likely N-dealkylation sites (tertiary alicyclic amines) is 1. The van der Waals surface area contributed by atoms with E-state index in [4.69, 9.17) is 0 Å². The Morgan fingerprint density at radius 3 is 2.53 bits per heavy atom. The van der Waals surface area contributed by atoms with Crippen molar-refractivity contribution in [3.63, 3.8) is 0 Å². The van der Waals surface area contributed by atoms with Crippen molar-refractivity contribution in [3.8, 4) is 0 Å². The molecule has 2 aliphatic heterocycles. The van der Waals surface area contributed by atoms with Gasteiger partial charge in [-0.15, -0.1) is 0 Å². The molecule has 0 bridgehead atoms. The van der Waals surface area contributed by atoms with Crippen LogP contribution in [0.2, 0.25) is 0 Å². The largest absolute Gasteiger partial charge is 0.352 e. The van der Waals surface area contributed by atoms with E-state index < -0.39 is 0 Å². The number of likely N-dealkylation sites (N-methyl/N-ethyl adjacent to an activating group) is 1. The molecule has 0 radical (unpaired) electrons. The van der Waals surface area contributed by atoms with E-state index in [0.717, 1.165) is 45.6 Å². The molecule has 0 aliphatic carbocycles. The van der Waals surface area contributed by atoms with Crippen molar-refractivity contribution in [2.24, 2.45) is 0 Å². The lowest BCUT2D eigenvalue weighted by molar-refractivity contribution is -0.125. The number of rotatable bonds is 2. The molecule has 1 amide bonds. The van der Waals surface area contributed by atoms with Gasteiger partial charge in [-0.25, -0.2) is 0 Å². The number of carbonyl (C=O) groups excluding carboxylic acids is 1. The van der Waals surface area contributed by atoms with Crippen LogP contribution in [-0.4, -0.2) is 74.6 Å². The first-order valence-corrected chi connectivity index (χ1v) is 6.56. The molecule has 5 nitrogen and oxygen atoms in total. The maximum absolute atomic E-state index is 12.1. The van der Waals surface area contributed by atoms with Crippen LogP contribution in [-0.2, 0) is 4.79 Å². The summed E-state index contributed by atoms with van der Waals surface area (Å²) < 4.78 is 0. The van der Waals surface area contributed by atoms with Crippen molar-refractivity contribution in [1.82, 2.24) is 20.4 Å². The van der Waals surface area contributed by atoms with Gasteiger partial charge in [0, 0.05) is 25.7 Å². The number of hydrogen-bond donors (Lipinski definition) is 2. The lowest BCUT2D eigenvalue weighted by atomic mass is 10.0. The number of piperazine rings is 1. The number of nitrogens with zero attached hydrogens (tertiary/aromatic N) is 2. The lowest BCUT2D eigenvalue weighted by Gasteiger charge is -2.33. The van der Waals surface area contributed by atoms with Gasteiger partial charge in [0.25, 0.3) is 0 Å². The van der Waals surface area contributed by atoms with Gasteiger partial charge in [0.2, 0.25) is 5.91 Å². The molecule has 1 atom stereocenters. The molecule has 17 heavy (non-hydrogen) atoms. The number of carbonyl (C=O) groups is 1. The average molecular weight is 240 g/mol. The zero-order valence-corrected chi connectivity index (χ0v) is 10.9. The molecule has 5 heteroatoms. The number of hydrogen-bond acceptors (Lipinski definition) is 4. The third-order valence-corrected chi connectivity index (χ3v) is 3.76. The van der Waals surface area contributed by atoms with Gasteiger partial charge >= 0.3 is 0 Å². The Morgan fingerprint density at radius 1 is 1.18 bits per heavy atom. The molecule has 2 N–H and O–H groups in total. The highest BCUT2D eigenvalue weighted by Gasteiger charge is 2.26. The molecule has 2 rings (SSSR count). The maximum atomic E-state index is 12.1. The van der Waals surface area contributed by atoms with E-state index in [0.29, 0.717) is 6.04 Å². The molecular formula is C12H24N4O. The predicted molar refractivity (Wildman–Crippen MR) is 67.9 cm³/mol. The topological polar surface area (TPSA) is 47.6 Å². The van der Waals surface area contributed by atoms with Gasteiger partial charge in [0.05, 0.1) is 6.04 Å². The number of piperidine rings is 1. The SMILES string of the molecule is CN1CCC(NC(=O)C2CN(C)CCN2)CC1. The second-order valence-corrected chi connectivity index (χ2v) is 5.36. The van der Waals surface area contributed by atoms with Gasteiger partial charge < -0.3 is 20.4 Å².